The van der Waals surface area contributed by atoms with Gasteiger partial charge in [0, 0.05) is 18.3 Å². The van der Waals surface area contributed by atoms with E-state index in [0.717, 1.165) is 5.56 Å². The molecular weight excluding hydrogens is 344 g/mol. The fraction of sp³-hybridized carbons (Fsp3) is 0.333. The molecule has 6 nitrogen and oxygen atoms in total. The van der Waals surface area contributed by atoms with Crippen LogP contribution in [0, 0.1) is 18.8 Å². The molecule has 0 bridgehead atoms. The number of ether oxygens (including phenoxy) is 2. The summed E-state index contributed by atoms with van der Waals surface area (Å²) >= 11 is 0. The van der Waals surface area contributed by atoms with E-state index in [2.05, 4.69) is 10.6 Å². The number of hydrogen-bond acceptors (Lipinski definition) is 4. The van der Waals surface area contributed by atoms with Gasteiger partial charge < -0.3 is 20.1 Å². The first kappa shape index (κ1) is 17.4. The molecule has 0 aromatic heterocycles. The number of fused-ring (bicyclic) bond motifs is 1. The Labute approximate surface area is 157 Å². The average molecular weight is 366 g/mol. The minimum Gasteiger partial charge on any atom is -0.486 e. The molecule has 0 saturated heterocycles. The van der Waals surface area contributed by atoms with Gasteiger partial charge in [-0.2, -0.15) is 0 Å². The van der Waals surface area contributed by atoms with Gasteiger partial charge in [0.25, 0.3) is 0 Å². The standard InChI is InChI=1S/C21H22N2O4/c1-13-2-4-14(5-3-13)12-22-20(24)16-11-17(16)21(25)23-15-6-7-18-19(10-15)27-9-8-26-18/h2-7,10,16-17H,8-9,11-12H2,1H3,(H,22,24)(H,23,25). The summed E-state index contributed by atoms with van der Waals surface area (Å²) in [6.45, 7) is 3.53. The van der Waals surface area contributed by atoms with Crippen LogP contribution in [0.1, 0.15) is 17.5 Å². The summed E-state index contributed by atoms with van der Waals surface area (Å²) in [6.07, 6.45) is 0.579. The third kappa shape index (κ3) is 4.05. The van der Waals surface area contributed by atoms with Crippen molar-refractivity contribution < 1.29 is 19.1 Å². The minimum atomic E-state index is -0.281. The van der Waals surface area contributed by atoms with Gasteiger partial charge in [-0.1, -0.05) is 29.8 Å². The van der Waals surface area contributed by atoms with Crippen molar-refractivity contribution >= 4 is 17.5 Å². The monoisotopic (exact) mass is 366 g/mol. The number of amides is 2. The van der Waals surface area contributed by atoms with Crippen molar-refractivity contribution in [2.45, 2.75) is 19.9 Å². The number of hydrogen-bond donors (Lipinski definition) is 2. The van der Waals surface area contributed by atoms with Gasteiger partial charge in [0.05, 0.1) is 11.8 Å². The highest BCUT2D eigenvalue weighted by Gasteiger charge is 2.47. The molecule has 1 heterocycles. The fourth-order valence-electron chi connectivity index (χ4n) is 3.16. The lowest BCUT2D eigenvalue weighted by Crippen LogP contribution is -2.27. The second-order valence-corrected chi connectivity index (χ2v) is 7.00. The smallest absolute Gasteiger partial charge is 0.228 e. The molecule has 1 aliphatic heterocycles. The van der Waals surface area contributed by atoms with E-state index < -0.39 is 0 Å². The van der Waals surface area contributed by atoms with Gasteiger partial charge in [0.15, 0.2) is 11.5 Å². The zero-order chi connectivity index (χ0) is 18.8. The molecular formula is C21H22N2O4. The molecule has 4 rings (SSSR count). The maximum Gasteiger partial charge on any atom is 0.228 e. The predicted octanol–water partition coefficient (Wildman–Crippen LogP) is 2.66. The number of nitrogens with one attached hydrogen (secondary N) is 2. The highest BCUT2D eigenvalue weighted by Crippen LogP contribution is 2.40. The first-order valence-corrected chi connectivity index (χ1v) is 9.14. The molecule has 2 aromatic carbocycles. The van der Waals surface area contributed by atoms with Crippen LogP contribution in [0.4, 0.5) is 5.69 Å². The zero-order valence-corrected chi connectivity index (χ0v) is 15.2. The SMILES string of the molecule is Cc1ccc(CNC(=O)C2CC2C(=O)Nc2ccc3c(c2)OCCO3)cc1. The Morgan fingerprint density at radius 3 is 2.44 bits per heavy atom. The van der Waals surface area contributed by atoms with Crippen LogP contribution in [0.25, 0.3) is 0 Å². The number of benzene rings is 2. The molecule has 0 radical (unpaired) electrons. The van der Waals surface area contributed by atoms with Crippen molar-refractivity contribution in [3.63, 3.8) is 0 Å². The van der Waals surface area contributed by atoms with Crippen molar-refractivity contribution in [2.75, 3.05) is 18.5 Å². The number of carbonyl (C=O) groups is 2. The summed E-state index contributed by atoms with van der Waals surface area (Å²) in [7, 11) is 0. The van der Waals surface area contributed by atoms with E-state index in [1.807, 2.05) is 31.2 Å². The Hall–Kier alpha value is -3.02. The largest absolute Gasteiger partial charge is 0.486 e. The van der Waals surface area contributed by atoms with Crippen molar-refractivity contribution in [3.05, 3.63) is 53.6 Å². The molecule has 2 aromatic rings. The molecule has 2 aliphatic rings. The molecule has 0 spiro atoms. The van der Waals surface area contributed by atoms with Crippen molar-refractivity contribution in [2.24, 2.45) is 11.8 Å². The Bertz CT molecular complexity index is 863. The molecule has 2 atom stereocenters. The Kier molecular flexibility index (Phi) is 4.71. The highest BCUT2D eigenvalue weighted by atomic mass is 16.6. The molecule has 140 valence electrons. The van der Waals surface area contributed by atoms with Crippen LogP contribution in [0.3, 0.4) is 0 Å². The summed E-state index contributed by atoms with van der Waals surface area (Å²) in [5.74, 6) is 0.560. The van der Waals surface area contributed by atoms with Crippen LogP contribution in [-0.4, -0.2) is 25.0 Å². The van der Waals surface area contributed by atoms with E-state index in [9.17, 15) is 9.59 Å². The average Bonchev–Trinajstić information content (AvgIpc) is 3.48. The van der Waals surface area contributed by atoms with E-state index in [1.165, 1.54) is 5.56 Å². The third-order valence-corrected chi connectivity index (χ3v) is 4.86. The van der Waals surface area contributed by atoms with E-state index in [1.54, 1.807) is 18.2 Å². The fourth-order valence-corrected chi connectivity index (χ4v) is 3.16. The van der Waals surface area contributed by atoms with Crippen LogP contribution < -0.4 is 20.1 Å². The van der Waals surface area contributed by atoms with Crippen molar-refractivity contribution in [1.82, 2.24) is 5.32 Å². The van der Waals surface area contributed by atoms with Crippen molar-refractivity contribution in [1.29, 1.82) is 0 Å². The third-order valence-electron chi connectivity index (χ3n) is 4.86. The number of rotatable bonds is 5. The highest BCUT2D eigenvalue weighted by molar-refractivity contribution is 5.99. The van der Waals surface area contributed by atoms with E-state index in [-0.39, 0.29) is 23.7 Å². The summed E-state index contributed by atoms with van der Waals surface area (Å²) in [5, 5.41) is 5.78. The van der Waals surface area contributed by atoms with Gasteiger partial charge >= 0.3 is 0 Å². The van der Waals surface area contributed by atoms with E-state index in [4.69, 9.17) is 9.47 Å². The van der Waals surface area contributed by atoms with Crippen molar-refractivity contribution in [3.8, 4) is 11.5 Å². The molecule has 27 heavy (non-hydrogen) atoms. The maximum absolute atomic E-state index is 12.4. The normalized spacial score (nSPS) is 19.9. The summed E-state index contributed by atoms with van der Waals surface area (Å²) < 4.78 is 11.0. The molecule has 1 saturated carbocycles. The van der Waals surface area contributed by atoms with Gasteiger partial charge in [-0.05, 0) is 31.0 Å². The maximum atomic E-state index is 12.4. The van der Waals surface area contributed by atoms with Gasteiger partial charge in [0.2, 0.25) is 11.8 Å². The van der Waals surface area contributed by atoms with Crippen LogP contribution in [0.2, 0.25) is 0 Å². The quantitative estimate of drug-likeness (QED) is 0.853. The lowest BCUT2D eigenvalue weighted by atomic mass is 10.1. The Balaban J connectivity index is 1.28. The van der Waals surface area contributed by atoms with Crippen LogP contribution in [0.15, 0.2) is 42.5 Å². The second-order valence-electron chi connectivity index (χ2n) is 7.00. The van der Waals surface area contributed by atoms with Gasteiger partial charge in [-0.15, -0.1) is 0 Å². The van der Waals surface area contributed by atoms with Crippen LogP contribution >= 0.6 is 0 Å². The van der Waals surface area contributed by atoms with Gasteiger partial charge in [-0.25, -0.2) is 0 Å². The summed E-state index contributed by atoms with van der Waals surface area (Å²) in [6, 6.07) is 13.3. The molecule has 2 unspecified atom stereocenters. The van der Waals surface area contributed by atoms with E-state index in [0.29, 0.717) is 43.4 Å². The minimum absolute atomic E-state index is 0.0714. The number of anilines is 1. The Morgan fingerprint density at radius 2 is 1.67 bits per heavy atom. The lowest BCUT2D eigenvalue weighted by molar-refractivity contribution is -0.125. The summed E-state index contributed by atoms with van der Waals surface area (Å²) in [4.78, 5) is 24.7. The molecule has 2 amide bonds. The molecule has 1 aliphatic carbocycles. The zero-order valence-electron chi connectivity index (χ0n) is 15.2. The summed E-state index contributed by atoms with van der Waals surface area (Å²) in [5.41, 5.74) is 2.88. The number of carbonyl (C=O) groups excluding carboxylic acids is 2. The Morgan fingerprint density at radius 1 is 0.963 bits per heavy atom. The molecule has 6 heteroatoms. The predicted molar refractivity (Wildman–Crippen MR) is 101 cm³/mol. The van der Waals surface area contributed by atoms with Crippen LogP contribution in [0.5, 0.6) is 11.5 Å². The first-order chi connectivity index (χ1) is 13.1. The van der Waals surface area contributed by atoms with E-state index >= 15 is 0 Å². The number of aryl methyl sites for hydroxylation is 1. The van der Waals surface area contributed by atoms with Gasteiger partial charge in [0.1, 0.15) is 13.2 Å². The topological polar surface area (TPSA) is 76.7 Å². The lowest BCUT2D eigenvalue weighted by Gasteiger charge is -2.19. The first-order valence-electron chi connectivity index (χ1n) is 9.14. The van der Waals surface area contributed by atoms with Crippen LogP contribution in [-0.2, 0) is 16.1 Å². The molecule has 2 N–H and O–H groups in total. The van der Waals surface area contributed by atoms with Gasteiger partial charge in [-0.3, -0.25) is 9.59 Å². The molecule has 1 fully saturated rings. The second kappa shape index (κ2) is 7.31.